The normalized spacial score (nSPS) is 17.0. The fourth-order valence-electron chi connectivity index (χ4n) is 4.81. The largest absolute Gasteiger partial charge is 0.411 e. The van der Waals surface area contributed by atoms with Gasteiger partial charge in [-0.2, -0.15) is 0 Å². The molecule has 7 heteroatoms. The van der Waals surface area contributed by atoms with Crippen LogP contribution >= 0.6 is 11.6 Å². The lowest BCUT2D eigenvalue weighted by Gasteiger charge is -2.26. The highest BCUT2D eigenvalue weighted by molar-refractivity contribution is 6.30. The summed E-state index contributed by atoms with van der Waals surface area (Å²) in [7, 11) is 2.20. The first-order valence-electron chi connectivity index (χ1n) is 11.4. The van der Waals surface area contributed by atoms with Gasteiger partial charge in [0.25, 0.3) is 0 Å². The molecule has 1 saturated carbocycles. The molecule has 0 spiro atoms. The molecular weight excluding hydrogens is 427 g/mol. The Morgan fingerprint density at radius 1 is 1.25 bits per heavy atom. The summed E-state index contributed by atoms with van der Waals surface area (Å²) in [4.78, 5) is 11.6. The number of hydrogen-bond donors (Lipinski definition) is 1. The van der Waals surface area contributed by atoms with Gasteiger partial charge in [-0.15, -0.1) is 0 Å². The van der Waals surface area contributed by atoms with E-state index in [9.17, 15) is 9.60 Å². The van der Waals surface area contributed by atoms with E-state index in [-0.39, 0.29) is 5.02 Å². The number of rotatable bonds is 8. The van der Waals surface area contributed by atoms with Gasteiger partial charge < -0.3 is 10.1 Å². The molecule has 1 aromatic carbocycles. The maximum absolute atomic E-state index is 13.5. The van der Waals surface area contributed by atoms with Gasteiger partial charge in [-0.05, 0) is 56.0 Å². The van der Waals surface area contributed by atoms with E-state index >= 15 is 0 Å². The van der Waals surface area contributed by atoms with Crippen molar-refractivity contribution in [1.29, 1.82) is 0 Å². The molecule has 1 aliphatic heterocycles. The summed E-state index contributed by atoms with van der Waals surface area (Å²) in [6.45, 7) is 2.14. The molecule has 0 amide bonds. The summed E-state index contributed by atoms with van der Waals surface area (Å²) in [6.07, 6.45) is 10.5. The van der Waals surface area contributed by atoms with Crippen LogP contribution in [-0.2, 0) is 12.8 Å². The molecule has 0 bridgehead atoms. The van der Waals surface area contributed by atoms with Crippen LogP contribution in [0.3, 0.4) is 0 Å². The van der Waals surface area contributed by atoms with Gasteiger partial charge in [0.15, 0.2) is 5.82 Å². The molecule has 0 unspecified atom stereocenters. The lowest BCUT2D eigenvalue weighted by atomic mass is 9.89. The molecule has 170 valence electrons. The van der Waals surface area contributed by atoms with E-state index in [0.29, 0.717) is 24.4 Å². The van der Waals surface area contributed by atoms with Crippen LogP contribution in [0.4, 0.5) is 10.2 Å². The molecule has 2 heterocycles. The molecule has 32 heavy (non-hydrogen) atoms. The van der Waals surface area contributed by atoms with Gasteiger partial charge in [-0.1, -0.05) is 42.1 Å². The van der Waals surface area contributed by atoms with Crippen LogP contribution in [0.5, 0.6) is 0 Å². The summed E-state index contributed by atoms with van der Waals surface area (Å²) in [5, 5.41) is 13.3. The first-order chi connectivity index (χ1) is 15.5. The minimum Gasteiger partial charge on any atom is -0.411 e. The Bertz CT molecular complexity index is 1020. The topological polar surface area (TPSA) is 61.1 Å². The van der Waals surface area contributed by atoms with Crippen molar-refractivity contribution in [3.8, 4) is 0 Å². The third kappa shape index (κ3) is 5.54. The van der Waals surface area contributed by atoms with Crippen LogP contribution in [0, 0.1) is 11.7 Å². The Hall–Kier alpha value is -2.31. The fourth-order valence-corrected chi connectivity index (χ4v) is 5.01. The molecule has 0 atom stereocenters. The van der Waals surface area contributed by atoms with E-state index in [1.54, 1.807) is 18.3 Å². The summed E-state index contributed by atoms with van der Waals surface area (Å²) in [5.41, 5.74) is 4.19. The number of pyridine rings is 1. The van der Waals surface area contributed by atoms with E-state index in [1.165, 1.54) is 38.2 Å². The number of fused-ring (bicyclic) bond motifs is 1. The van der Waals surface area contributed by atoms with E-state index in [2.05, 4.69) is 22.1 Å². The Labute approximate surface area is 194 Å². The van der Waals surface area contributed by atoms with Crippen LogP contribution in [0.25, 0.3) is 0 Å². The third-order valence-electron chi connectivity index (χ3n) is 6.54. The van der Waals surface area contributed by atoms with Crippen LogP contribution in [-0.4, -0.2) is 46.7 Å². The Kier molecular flexibility index (Phi) is 7.53. The molecule has 0 saturated heterocycles. The maximum Gasteiger partial charge on any atom is 0.155 e. The number of halogens is 2. The molecule has 1 aliphatic carbocycles. The van der Waals surface area contributed by atoms with E-state index < -0.39 is 5.82 Å². The standard InChI is InChI=1S/C25H30ClFN4O/c1-31(16-17-5-3-2-4-6-17)12-10-19-15-21-20(9-11-28-25(21)29-19)24(30-32)14-18-7-8-23(27)22(26)13-18/h7-9,11,13,17,32H,2-6,10,12,14-16H2,1H3/b30-24+. The van der Waals surface area contributed by atoms with Crippen LogP contribution in [0.2, 0.25) is 5.02 Å². The van der Waals surface area contributed by atoms with Crippen molar-refractivity contribution in [2.75, 3.05) is 20.1 Å². The summed E-state index contributed by atoms with van der Waals surface area (Å²) in [5.74, 6) is 1.06. The fraction of sp³-hybridized carbons (Fsp3) is 0.480. The molecule has 4 rings (SSSR count). The molecule has 1 fully saturated rings. The van der Waals surface area contributed by atoms with Gasteiger partial charge in [-0.25, -0.2) is 14.4 Å². The second kappa shape index (κ2) is 10.5. The minimum absolute atomic E-state index is 0.0581. The molecule has 1 aromatic heterocycles. The quantitative estimate of drug-likeness (QED) is 0.309. The molecular formula is C25H30ClFN4O. The van der Waals surface area contributed by atoms with Gasteiger partial charge in [-0.3, -0.25) is 0 Å². The molecule has 5 nitrogen and oxygen atoms in total. The van der Waals surface area contributed by atoms with Crippen molar-refractivity contribution >= 4 is 28.8 Å². The zero-order valence-electron chi connectivity index (χ0n) is 18.5. The van der Waals surface area contributed by atoms with Crippen molar-refractivity contribution in [1.82, 2.24) is 9.88 Å². The van der Waals surface area contributed by atoms with Gasteiger partial charge in [0.2, 0.25) is 0 Å². The van der Waals surface area contributed by atoms with Gasteiger partial charge in [0.05, 0.1) is 10.7 Å². The van der Waals surface area contributed by atoms with Gasteiger partial charge in [0, 0.05) is 49.0 Å². The average molecular weight is 457 g/mol. The van der Waals surface area contributed by atoms with E-state index in [0.717, 1.165) is 47.8 Å². The van der Waals surface area contributed by atoms with Crippen LogP contribution in [0.1, 0.15) is 55.2 Å². The highest BCUT2D eigenvalue weighted by Gasteiger charge is 2.23. The Morgan fingerprint density at radius 3 is 2.81 bits per heavy atom. The number of aliphatic imine (C=N–C) groups is 1. The first-order valence-corrected chi connectivity index (χ1v) is 11.8. The van der Waals surface area contributed by atoms with Crippen LogP contribution < -0.4 is 0 Å². The predicted octanol–water partition coefficient (Wildman–Crippen LogP) is 5.83. The zero-order chi connectivity index (χ0) is 22.5. The molecule has 2 aromatic rings. The van der Waals surface area contributed by atoms with Crippen molar-refractivity contribution in [3.05, 3.63) is 58.0 Å². The van der Waals surface area contributed by atoms with Crippen LogP contribution in [0.15, 0.2) is 40.6 Å². The molecule has 0 radical (unpaired) electrons. The lowest BCUT2D eigenvalue weighted by molar-refractivity contribution is 0.237. The lowest BCUT2D eigenvalue weighted by Crippen LogP contribution is -2.29. The summed E-state index contributed by atoms with van der Waals surface area (Å²) in [6, 6.07) is 6.40. The van der Waals surface area contributed by atoms with Crippen molar-refractivity contribution < 1.29 is 9.60 Å². The van der Waals surface area contributed by atoms with Gasteiger partial charge >= 0.3 is 0 Å². The number of benzene rings is 1. The Balaban J connectivity index is 1.39. The number of oxime groups is 1. The summed E-state index contributed by atoms with van der Waals surface area (Å²) < 4.78 is 13.5. The van der Waals surface area contributed by atoms with Crippen molar-refractivity contribution in [2.45, 2.75) is 51.4 Å². The second-order valence-corrected chi connectivity index (χ2v) is 9.41. The number of aromatic nitrogens is 1. The predicted molar refractivity (Wildman–Crippen MR) is 127 cm³/mol. The number of nitrogens with zero attached hydrogens (tertiary/aromatic N) is 4. The Morgan fingerprint density at radius 2 is 2.06 bits per heavy atom. The van der Waals surface area contributed by atoms with Gasteiger partial charge in [0.1, 0.15) is 5.82 Å². The van der Waals surface area contributed by atoms with E-state index in [4.69, 9.17) is 16.6 Å². The van der Waals surface area contributed by atoms with Crippen molar-refractivity contribution in [2.24, 2.45) is 16.1 Å². The second-order valence-electron chi connectivity index (χ2n) is 9.00. The highest BCUT2D eigenvalue weighted by atomic mass is 35.5. The first kappa shape index (κ1) is 22.9. The third-order valence-corrected chi connectivity index (χ3v) is 6.83. The monoisotopic (exact) mass is 456 g/mol. The minimum atomic E-state index is -0.464. The zero-order valence-corrected chi connectivity index (χ0v) is 19.3. The smallest absolute Gasteiger partial charge is 0.155 e. The molecule has 2 aliphatic rings. The van der Waals surface area contributed by atoms with E-state index in [1.807, 2.05) is 6.07 Å². The number of hydrogen-bond acceptors (Lipinski definition) is 5. The summed E-state index contributed by atoms with van der Waals surface area (Å²) >= 11 is 5.91. The average Bonchev–Trinajstić information content (AvgIpc) is 3.22. The highest BCUT2D eigenvalue weighted by Crippen LogP contribution is 2.30. The van der Waals surface area contributed by atoms with Crippen molar-refractivity contribution in [3.63, 3.8) is 0 Å². The SMILES string of the molecule is CN(CCC1=Nc2nccc(/C(Cc3ccc(F)c(Cl)c3)=N/O)c2C1)CC1CCCCC1. The maximum atomic E-state index is 13.5. The molecule has 1 N–H and O–H groups in total.